The predicted octanol–water partition coefficient (Wildman–Crippen LogP) is 2.50. The minimum Gasteiger partial charge on any atom is -0.462 e. The second kappa shape index (κ2) is 14.7. The van der Waals surface area contributed by atoms with Crippen molar-refractivity contribution in [1.29, 1.82) is 0 Å². The number of rotatable bonds is 7. The molecular weight excluding hydrogens is 833 g/mol. The van der Waals surface area contributed by atoms with Gasteiger partial charge in [0.15, 0.2) is 11.6 Å². The summed E-state index contributed by atoms with van der Waals surface area (Å²) in [6.45, 7) is 16.0. The zero-order valence-electron chi connectivity index (χ0n) is 38.9. The molecule has 2 spiro atoms. The summed E-state index contributed by atoms with van der Waals surface area (Å²) in [6.07, 6.45) is -9.09. The lowest BCUT2D eigenvalue weighted by Crippen LogP contribution is -2.72. The van der Waals surface area contributed by atoms with Crippen LogP contribution in [0.3, 0.4) is 0 Å². The van der Waals surface area contributed by atoms with E-state index in [1.807, 2.05) is 27.7 Å². The highest BCUT2D eigenvalue weighted by Gasteiger charge is 2.81. The van der Waals surface area contributed by atoms with Crippen molar-refractivity contribution in [3.63, 3.8) is 0 Å². The van der Waals surface area contributed by atoms with Crippen LogP contribution in [-0.4, -0.2) is 126 Å². The maximum Gasteiger partial charge on any atom is 0.302 e. The largest absolute Gasteiger partial charge is 0.462 e. The number of carbonyl (C=O) groups is 6. The molecule has 0 aromatic heterocycles. The number of aliphatic hydroxyl groups excluding tert-OH is 4. The molecule has 16 heteroatoms. The first-order valence-electron chi connectivity index (χ1n) is 23.4. The highest BCUT2D eigenvalue weighted by Crippen LogP contribution is 2.75. The normalized spacial score (nSPS) is 51.7. The van der Waals surface area contributed by atoms with Gasteiger partial charge in [0.05, 0.1) is 24.4 Å². The number of aliphatic hydroxyl groups is 6. The monoisotopic (exact) mass is 902 g/mol. The summed E-state index contributed by atoms with van der Waals surface area (Å²) < 4.78 is 23.4. The van der Waals surface area contributed by atoms with Crippen LogP contribution in [0.2, 0.25) is 0 Å². The van der Waals surface area contributed by atoms with Crippen LogP contribution in [-0.2, 0) is 47.7 Å². The summed E-state index contributed by atoms with van der Waals surface area (Å²) in [5.41, 5.74) is -11.6. The average molecular weight is 903 g/mol. The van der Waals surface area contributed by atoms with Crippen LogP contribution >= 0.6 is 0 Å². The summed E-state index contributed by atoms with van der Waals surface area (Å²) in [5, 5.41) is 74.6. The molecule has 0 heterocycles. The molecular formula is C48H70O16. The van der Waals surface area contributed by atoms with Crippen molar-refractivity contribution in [3.8, 4) is 0 Å². The van der Waals surface area contributed by atoms with E-state index in [-0.39, 0.29) is 64.2 Å². The van der Waals surface area contributed by atoms with Crippen molar-refractivity contribution in [1.82, 2.24) is 0 Å². The Hall–Kier alpha value is -3.02. The van der Waals surface area contributed by atoms with Crippen LogP contribution in [0.15, 0.2) is 0 Å². The first kappa shape index (κ1) is 47.5. The fraction of sp³-hybridized carbons (Fsp3) is 0.875. The number of ether oxygens (including phenoxy) is 4. The quantitative estimate of drug-likeness (QED) is 0.158. The Balaban J connectivity index is 1.14. The van der Waals surface area contributed by atoms with Crippen LogP contribution in [0.5, 0.6) is 0 Å². The van der Waals surface area contributed by atoms with E-state index < -0.39 is 163 Å². The molecule has 8 aliphatic carbocycles. The van der Waals surface area contributed by atoms with Gasteiger partial charge in [-0.15, -0.1) is 0 Å². The van der Waals surface area contributed by atoms with Crippen molar-refractivity contribution in [2.24, 2.45) is 68.0 Å². The van der Waals surface area contributed by atoms with E-state index >= 15 is 9.59 Å². The average Bonchev–Trinajstić information content (AvgIpc) is 3.40. The Bertz CT molecular complexity index is 2020. The van der Waals surface area contributed by atoms with Gasteiger partial charge >= 0.3 is 23.9 Å². The Morgan fingerprint density at radius 2 is 0.906 bits per heavy atom. The molecule has 8 saturated carbocycles. The van der Waals surface area contributed by atoms with E-state index in [4.69, 9.17) is 18.9 Å². The van der Waals surface area contributed by atoms with Crippen molar-refractivity contribution in [3.05, 3.63) is 0 Å². The van der Waals surface area contributed by atoms with Gasteiger partial charge < -0.3 is 49.6 Å². The summed E-state index contributed by atoms with van der Waals surface area (Å²) in [6, 6.07) is 0. The lowest BCUT2D eigenvalue weighted by molar-refractivity contribution is -0.279. The second-order valence-electron chi connectivity index (χ2n) is 23.4. The van der Waals surface area contributed by atoms with Gasteiger partial charge in [0.1, 0.15) is 35.6 Å². The van der Waals surface area contributed by atoms with Gasteiger partial charge in [-0.05, 0) is 63.2 Å². The van der Waals surface area contributed by atoms with Crippen LogP contribution in [0.1, 0.15) is 133 Å². The highest BCUT2D eigenvalue weighted by atomic mass is 16.6. The third-order valence-electron chi connectivity index (χ3n) is 19.5. The van der Waals surface area contributed by atoms with Gasteiger partial charge in [0, 0.05) is 96.7 Å². The van der Waals surface area contributed by atoms with E-state index in [1.54, 1.807) is 13.8 Å². The van der Waals surface area contributed by atoms with Crippen molar-refractivity contribution < 1.29 is 78.4 Å². The summed E-state index contributed by atoms with van der Waals surface area (Å²) in [5.74, 6) is -8.44. The van der Waals surface area contributed by atoms with E-state index in [0.717, 1.165) is 0 Å². The smallest absolute Gasteiger partial charge is 0.302 e. The molecule has 0 aromatic carbocycles. The zero-order valence-corrected chi connectivity index (χ0v) is 38.9. The van der Waals surface area contributed by atoms with Crippen LogP contribution in [0.25, 0.3) is 0 Å². The van der Waals surface area contributed by atoms with Gasteiger partial charge in [-0.1, -0.05) is 41.5 Å². The van der Waals surface area contributed by atoms with Crippen LogP contribution in [0.4, 0.5) is 0 Å². The standard InChI is InChI=1S/C48H70O16/c1-21(49)61-30-14-26-18-46(20-28(54)35-41(5,6)32(62-22(2)50)15-31(56)43(35,9)38(30)46)40(58)48(26,60)12-11-47(59)25-13-27(53)37-44(10)34(64-24(4)52)16-33(63-23(3)51)42(7,8)36(44)29(55)19-45(37,17-25)39(47)57/h25-38,53-56,59-60H,11-20H2,1-10H3/t25-,26-,27+,28+,29+,30+,31+,32+,33+,34+,35-,36-,37+,38+,43-,44-,45+,46+,47+,48+/m1/s1. The molecule has 8 rings (SSSR count). The molecule has 20 atom stereocenters. The lowest BCUT2D eigenvalue weighted by Gasteiger charge is -2.67. The fourth-order valence-corrected chi connectivity index (χ4v) is 18.0. The van der Waals surface area contributed by atoms with Gasteiger partial charge in [-0.25, -0.2) is 0 Å². The minimum atomic E-state index is -2.16. The number of fused-ring (bicyclic) bond motifs is 6. The molecule has 8 aliphatic rings. The maximum absolute atomic E-state index is 15.4. The third kappa shape index (κ3) is 6.12. The molecule has 6 N–H and O–H groups in total. The molecule has 0 aliphatic heterocycles. The van der Waals surface area contributed by atoms with E-state index in [1.165, 1.54) is 27.7 Å². The Morgan fingerprint density at radius 3 is 1.38 bits per heavy atom. The molecule has 0 radical (unpaired) electrons. The van der Waals surface area contributed by atoms with E-state index in [2.05, 4.69) is 0 Å². The molecule has 0 saturated heterocycles. The minimum absolute atomic E-state index is 0.000923. The van der Waals surface area contributed by atoms with E-state index in [9.17, 15) is 49.8 Å². The van der Waals surface area contributed by atoms with Gasteiger partial charge in [0.25, 0.3) is 0 Å². The topological polar surface area (TPSA) is 261 Å². The van der Waals surface area contributed by atoms with Crippen LogP contribution < -0.4 is 0 Å². The summed E-state index contributed by atoms with van der Waals surface area (Å²) >= 11 is 0. The third-order valence-corrected chi connectivity index (χ3v) is 19.5. The molecule has 8 fully saturated rings. The predicted molar refractivity (Wildman–Crippen MR) is 222 cm³/mol. The summed E-state index contributed by atoms with van der Waals surface area (Å²) in [7, 11) is 0. The number of esters is 4. The maximum atomic E-state index is 15.4. The Morgan fingerprint density at radius 1 is 0.500 bits per heavy atom. The number of Topliss-reactive ketones (excluding diaryl/α,β-unsaturated/α-hetero) is 2. The number of carbonyl (C=O) groups excluding carboxylic acids is 6. The molecule has 16 nitrogen and oxygen atoms in total. The van der Waals surface area contributed by atoms with E-state index in [0.29, 0.717) is 0 Å². The Kier molecular flexibility index (Phi) is 10.9. The fourth-order valence-electron chi connectivity index (χ4n) is 18.0. The van der Waals surface area contributed by atoms with Crippen LogP contribution in [0, 0.1) is 68.0 Å². The molecule has 64 heavy (non-hydrogen) atoms. The van der Waals surface area contributed by atoms with Crippen molar-refractivity contribution in [2.75, 3.05) is 0 Å². The molecule has 0 aromatic rings. The second-order valence-corrected chi connectivity index (χ2v) is 23.4. The Labute approximate surface area is 374 Å². The lowest BCUT2D eigenvalue weighted by atomic mass is 9.38. The first-order chi connectivity index (χ1) is 29.4. The molecule has 358 valence electrons. The van der Waals surface area contributed by atoms with Crippen molar-refractivity contribution >= 4 is 35.4 Å². The molecule has 0 amide bonds. The first-order valence-corrected chi connectivity index (χ1v) is 23.4. The molecule has 0 unspecified atom stereocenters. The number of ketones is 2. The van der Waals surface area contributed by atoms with Gasteiger partial charge in [-0.2, -0.15) is 0 Å². The number of hydrogen-bond donors (Lipinski definition) is 6. The zero-order chi connectivity index (χ0) is 47.4. The van der Waals surface area contributed by atoms with Gasteiger partial charge in [0.2, 0.25) is 0 Å². The number of hydrogen-bond acceptors (Lipinski definition) is 16. The SMILES string of the molecule is CC(=O)O[C@H]1C[C@@H]2C[C@@]3(C[C@H](O)[C@@H]4C(C)(C)[C@@H](OC(C)=O)C[C@H](O)[C@@]4(C)[C@H]13)C(=O)[C@]2(O)CC[C@@]1(O)C(=O)[C@]23C[C@H]1C[C@H](O)[C@H]2[C@]1(C)[C@@H](OC(C)=O)C[C@H](OC(C)=O)C(C)(C)[C@H]1[C@@H](O)C3. The summed E-state index contributed by atoms with van der Waals surface area (Å²) in [4.78, 5) is 80.7. The van der Waals surface area contributed by atoms with Crippen molar-refractivity contribution in [2.45, 2.75) is 193 Å². The molecule has 4 bridgehead atoms. The van der Waals surface area contributed by atoms with Gasteiger partial charge in [-0.3, -0.25) is 28.8 Å². The highest BCUT2D eigenvalue weighted by molar-refractivity contribution is 5.98.